The number of ketones is 1. The third-order valence-electron chi connectivity index (χ3n) is 9.62. The SMILES string of the molecule is O=C(N[C@H]1C[C@H]2C[C@H]2C[C@H]2CC[C@@H](C(=O)C3CN(c4cccnc4)C3)N2C1=O)c1cc2cc(C(F)(F)P(=O)(O)O)ccc2s1. The van der Waals surface area contributed by atoms with Crippen molar-refractivity contribution in [3.05, 3.63) is 59.2 Å². The lowest BCUT2D eigenvalue weighted by molar-refractivity contribution is -0.143. The first-order valence-corrected chi connectivity index (χ1v) is 17.1. The van der Waals surface area contributed by atoms with Crippen LogP contribution in [-0.2, 0) is 19.8 Å². The third-order valence-corrected chi connectivity index (χ3v) is 11.7. The van der Waals surface area contributed by atoms with E-state index in [9.17, 15) is 27.7 Å². The molecule has 3 aromatic rings. The molecular weight excluding hydrogens is 613 g/mol. The Morgan fingerprint density at radius 1 is 1.07 bits per heavy atom. The van der Waals surface area contributed by atoms with Crippen LogP contribution in [0.2, 0.25) is 0 Å². The van der Waals surface area contributed by atoms with E-state index in [1.54, 1.807) is 17.3 Å². The molecule has 1 aliphatic carbocycles. The summed E-state index contributed by atoms with van der Waals surface area (Å²) in [6, 6.07) is 7.01. The first-order chi connectivity index (χ1) is 20.9. The van der Waals surface area contributed by atoms with E-state index in [4.69, 9.17) is 9.79 Å². The van der Waals surface area contributed by atoms with Crippen molar-refractivity contribution in [2.45, 2.75) is 55.9 Å². The van der Waals surface area contributed by atoms with Gasteiger partial charge in [0.05, 0.1) is 28.7 Å². The fourth-order valence-electron chi connectivity index (χ4n) is 7.09. The number of thiophene rings is 1. The van der Waals surface area contributed by atoms with Gasteiger partial charge in [0, 0.05) is 35.6 Å². The maximum absolute atomic E-state index is 14.3. The summed E-state index contributed by atoms with van der Waals surface area (Å²) in [5, 5.41) is 3.12. The standard InChI is InChI=1S/C30H31F2N4O6PS/c31-30(32,43(40,41)42)20-3-6-25-18(9-20)12-26(44-25)28(38)34-23-11-17-8-16(17)10-21-4-5-24(36(21)29(23)39)27(37)19-14-35(15-19)22-2-1-7-33-13-22/h1-3,6-7,9,12-13,16-17,19,21,23-24H,4-5,8,10-11,14-15H2,(H,34,38)(H2,40,41,42)/t16-,17+,21+,23-,24-/m0/s1. The van der Waals surface area contributed by atoms with Crippen LogP contribution in [-0.4, -0.2) is 68.5 Å². The van der Waals surface area contributed by atoms with Crippen molar-refractivity contribution >= 4 is 52.3 Å². The number of aromatic nitrogens is 1. The molecule has 4 fully saturated rings. The maximum atomic E-state index is 14.3. The minimum Gasteiger partial charge on any atom is -0.369 e. The summed E-state index contributed by atoms with van der Waals surface area (Å²) in [6.45, 7) is 1.15. The van der Waals surface area contributed by atoms with Crippen molar-refractivity contribution in [3.63, 3.8) is 0 Å². The number of benzene rings is 1. The first-order valence-electron chi connectivity index (χ1n) is 14.7. The predicted molar refractivity (Wildman–Crippen MR) is 158 cm³/mol. The van der Waals surface area contributed by atoms with E-state index >= 15 is 0 Å². The van der Waals surface area contributed by atoms with Gasteiger partial charge in [-0.2, -0.15) is 8.78 Å². The summed E-state index contributed by atoms with van der Waals surface area (Å²) in [5.41, 5.74) is -4.25. The van der Waals surface area contributed by atoms with Crippen molar-refractivity contribution in [2.24, 2.45) is 17.8 Å². The number of amides is 2. The molecule has 5 atom stereocenters. The van der Waals surface area contributed by atoms with Crippen molar-refractivity contribution in [2.75, 3.05) is 18.0 Å². The van der Waals surface area contributed by atoms with Crippen LogP contribution in [0.3, 0.4) is 0 Å². The normalized spacial score (nSPS) is 27.3. The number of rotatable bonds is 7. The zero-order valence-corrected chi connectivity index (χ0v) is 25.2. The molecule has 4 aliphatic rings. The number of alkyl halides is 2. The number of halogens is 2. The highest BCUT2D eigenvalue weighted by atomic mass is 32.1. The molecular formula is C30H31F2N4O6PS. The average Bonchev–Trinajstić information content (AvgIpc) is 3.33. The number of hydrogen-bond acceptors (Lipinski definition) is 7. The molecule has 1 saturated carbocycles. The van der Waals surface area contributed by atoms with Crippen LogP contribution >= 0.6 is 18.9 Å². The Morgan fingerprint density at radius 2 is 1.84 bits per heavy atom. The topological polar surface area (TPSA) is 140 Å². The number of nitrogens with one attached hydrogen (secondary N) is 1. The third kappa shape index (κ3) is 5.13. The number of hydrogen-bond donors (Lipinski definition) is 3. The molecule has 3 N–H and O–H groups in total. The molecule has 14 heteroatoms. The number of anilines is 1. The molecule has 0 unspecified atom stereocenters. The van der Waals surface area contributed by atoms with Crippen LogP contribution in [0.1, 0.15) is 47.3 Å². The second-order valence-corrected chi connectivity index (χ2v) is 15.1. The summed E-state index contributed by atoms with van der Waals surface area (Å²) in [5.74, 6) is -0.132. The van der Waals surface area contributed by atoms with E-state index in [2.05, 4.69) is 15.2 Å². The summed E-state index contributed by atoms with van der Waals surface area (Å²) in [7, 11) is -5.75. The lowest BCUT2D eigenvalue weighted by atomic mass is 9.89. The van der Waals surface area contributed by atoms with Crippen LogP contribution in [0, 0.1) is 17.8 Å². The summed E-state index contributed by atoms with van der Waals surface area (Å²) in [6.07, 6.45) is 7.14. The molecule has 232 valence electrons. The molecule has 3 saturated heterocycles. The van der Waals surface area contributed by atoms with Gasteiger partial charge in [-0.25, -0.2) is 0 Å². The van der Waals surface area contributed by atoms with Crippen LogP contribution in [0.15, 0.2) is 48.8 Å². The molecule has 10 nitrogen and oxygen atoms in total. The molecule has 7 rings (SSSR count). The van der Waals surface area contributed by atoms with Gasteiger partial charge in [0.1, 0.15) is 6.04 Å². The zero-order valence-electron chi connectivity index (χ0n) is 23.5. The smallest absolute Gasteiger partial charge is 0.369 e. The van der Waals surface area contributed by atoms with Gasteiger partial charge in [0.25, 0.3) is 5.91 Å². The first kappa shape index (κ1) is 29.5. The largest absolute Gasteiger partial charge is 0.399 e. The van der Waals surface area contributed by atoms with E-state index in [1.165, 1.54) is 12.1 Å². The Labute approximate surface area is 255 Å². The van der Waals surface area contributed by atoms with Gasteiger partial charge in [-0.1, -0.05) is 6.07 Å². The van der Waals surface area contributed by atoms with Crippen molar-refractivity contribution in [1.82, 2.24) is 15.2 Å². The predicted octanol–water partition coefficient (Wildman–Crippen LogP) is 4.12. The molecule has 0 radical (unpaired) electrons. The average molecular weight is 645 g/mol. The van der Waals surface area contributed by atoms with Gasteiger partial charge in [0.2, 0.25) is 5.91 Å². The van der Waals surface area contributed by atoms with Gasteiger partial charge < -0.3 is 24.9 Å². The summed E-state index contributed by atoms with van der Waals surface area (Å²) >= 11 is 1.04. The van der Waals surface area contributed by atoms with E-state index in [0.29, 0.717) is 42.5 Å². The molecule has 2 amide bonds. The lowest BCUT2D eigenvalue weighted by Gasteiger charge is -2.42. The molecule has 0 spiro atoms. The van der Waals surface area contributed by atoms with E-state index in [1.807, 2.05) is 12.1 Å². The number of pyridine rings is 1. The highest BCUT2D eigenvalue weighted by molar-refractivity contribution is 7.52. The minimum atomic E-state index is -5.75. The van der Waals surface area contributed by atoms with Gasteiger partial charge >= 0.3 is 13.3 Å². The molecule has 2 aromatic heterocycles. The number of fused-ring (bicyclic) bond motifs is 3. The number of nitrogens with zero attached hydrogens (tertiary/aromatic N) is 3. The van der Waals surface area contributed by atoms with Crippen molar-refractivity contribution < 1.29 is 37.5 Å². The molecule has 0 bridgehead atoms. The number of carbonyl (C=O) groups is 3. The molecule has 5 heterocycles. The minimum absolute atomic E-state index is 0.0425. The highest BCUT2D eigenvalue weighted by Crippen LogP contribution is 2.59. The number of Topliss-reactive ketones (excluding diaryl/α,β-unsaturated/α-hetero) is 1. The Morgan fingerprint density at radius 3 is 2.57 bits per heavy atom. The monoisotopic (exact) mass is 644 g/mol. The van der Waals surface area contributed by atoms with Gasteiger partial charge in [-0.05, 0) is 79.7 Å². The molecule has 44 heavy (non-hydrogen) atoms. The van der Waals surface area contributed by atoms with E-state index in [0.717, 1.165) is 48.4 Å². The van der Waals surface area contributed by atoms with Crippen LogP contribution in [0.5, 0.6) is 0 Å². The second kappa shape index (κ2) is 10.7. The lowest BCUT2D eigenvalue weighted by Crippen LogP contribution is -2.59. The Hall–Kier alpha value is -3.25. The van der Waals surface area contributed by atoms with Crippen molar-refractivity contribution in [3.8, 4) is 0 Å². The molecule has 3 aliphatic heterocycles. The zero-order chi connectivity index (χ0) is 31.0. The van der Waals surface area contributed by atoms with Gasteiger partial charge in [0.15, 0.2) is 5.78 Å². The van der Waals surface area contributed by atoms with E-state index in [-0.39, 0.29) is 33.9 Å². The fourth-order valence-corrected chi connectivity index (χ4v) is 8.51. The quantitative estimate of drug-likeness (QED) is 0.327. The summed E-state index contributed by atoms with van der Waals surface area (Å²) in [4.78, 5) is 67.5. The second-order valence-electron chi connectivity index (χ2n) is 12.4. The van der Waals surface area contributed by atoms with Crippen LogP contribution in [0.25, 0.3) is 10.1 Å². The number of carbonyl (C=O) groups excluding carboxylic acids is 3. The van der Waals surface area contributed by atoms with Crippen LogP contribution < -0.4 is 10.2 Å². The summed E-state index contributed by atoms with van der Waals surface area (Å²) < 4.78 is 40.4. The Kier molecular flexibility index (Phi) is 7.15. The Balaban J connectivity index is 1.08. The Bertz CT molecular complexity index is 1690. The van der Waals surface area contributed by atoms with Crippen molar-refractivity contribution in [1.29, 1.82) is 0 Å². The van der Waals surface area contributed by atoms with Crippen LogP contribution in [0.4, 0.5) is 14.5 Å². The van der Waals surface area contributed by atoms with Gasteiger partial charge in [-0.3, -0.25) is 23.9 Å². The van der Waals surface area contributed by atoms with E-state index < -0.39 is 36.8 Å². The maximum Gasteiger partial charge on any atom is 0.399 e. The van der Waals surface area contributed by atoms with Gasteiger partial charge in [-0.15, -0.1) is 11.3 Å². The molecule has 1 aromatic carbocycles. The fraction of sp³-hybridized carbons (Fsp3) is 0.467. The highest BCUT2D eigenvalue weighted by Gasteiger charge is 2.53.